The van der Waals surface area contributed by atoms with Crippen molar-refractivity contribution in [2.24, 2.45) is 0 Å². The molecule has 0 saturated carbocycles. The van der Waals surface area contributed by atoms with Gasteiger partial charge in [-0.3, -0.25) is 0 Å². The molecule has 0 bridgehead atoms. The highest BCUT2D eigenvalue weighted by Crippen LogP contribution is 2.17. The number of anilines is 1. The number of benzene rings is 2. The van der Waals surface area contributed by atoms with Crippen LogP contribution in [-0.2, 0) is 0 Å². The minimum Gasteiger partial charge on any atom is -0.491 e. The molecule has 2 rings (SSSR count). The van der Waals surface area contributed by atoms with Crippen molar-refractivity contribution in [1.29, 1.82) is 0 Å². The zero-order valence-electron chi connectivity index (χ0n) is 14.8. The van der Waals surface area contributed by atoms with Crippen molar-refractivity contribution in [2.45, 2.75) is 39.7 Å². The fourth-order valence-corrected chi connectivity index (χ4v) is 2.64. The molecule has 2 aromatic carbocycles. The summed E-state index contributed by atoms with van der Waals surface area (Å²) < 4.78 is 5.84. The maximum Gasteiger partial charge on any atom is 0.171 e. The summed E-state index contributed by atoms with van der Waals surface area (Å²) in [5.41, 5.74) is 3.44. The summed E-state index contributed by atoms with van der Waals surface area (Å²) in [5, 5.41) is 7.07. The number of hydrogen-bond donors (Lipinski definition) is 2. The van der Waals surface area contributed by atoms with Crippen molar-refractivity contribution < 1.29 is 4.74 Å². The minimum atomic E-state index is 0.111. The quantitative estimate of drug-likeness (QED) is 0.734. The Morgan fingerprint density at radius 2 is 1.71 bits per heavy atom. The summed E-state index contributed by atoms with van der Waals surface area (Å²) in [7, 11) is 0. The normalized spacial score (nSPS) is 11.9. The first-order valence-electron chi connectivity index (χ1n) is 8.31. The monoisotopic (exact) mass is 342 g/mol. The summed E-state index contributed by atoms with van der Waals surface area (Å²) in [6.07, 6.45) is 0. The van der Waals surface area contributed by atoms with E-state index in [9.17, 15) is 0 Å². The Morgan fingerprint density at radius 3 is 2.33 bits per heavy atom. The van der Waals surface area contributed by atoms with Crippen molar-refractivity contribution in [3.05, 3.63) is 59.7 Å². The maximum absolute atomic E-state index is 5.84. The van der Waals surface area contributed by atoms with Gasteiger partial charge in [0.05, 0.1) is 6.04 Å². The van der Waals surface area contributed by atoms with Gasteiger partial charge in [-0.25, -0.2) is 0 Å². The van der Waals surface area contributed by atoms with Crippen LogP contribution in [0, 0.1) is 6.92 Å². The van der Waals surface area contributed by atoms with E-state index in [0.29, 0.717) is 17.6 Å². The fourth-order valence-electron chi connectivity index (χ4n) is 2.32. The van der Waals surface area contributed by atoms with Crippen molar-refractivity contribution in [3.8, 4) is 5.75 Å². The Hall–Kier alpha value is -2.07. The molecule has 0 heterocycles. The average Bonchev–Trinajstić information content (AvgIpc) is 2.54. The second-order valence-corrected chi connectivity index (χ2v) is 6.76. The maximum atomic E-state index is 5.84. The van der Waals surface area contributed by atoms with Gasteiger partial charge in [-0.2, -0.15) is 0 Å². The minimum absolute atomic E-state index is 0.111. The molecule has 0 unspecified atom stereocenters. The van der Waals surface area contributed by atoms with Gasteiger partial charge in [0.1, 0.15) is 12.4 Å². The number of thiocarbonyl (C=S) groups is 1. The number of aryl methyl sites for hydroxylation is 1. The van der Waals surface area contributed by atoms with Gasteiger partial charge < -0.3 is 15.4 Å². The lowest BCUT2D eigenvalue weighted by Crippen LogP contribution is -2.39. The lowest BCUT2D eigenvalue weighted by atomic mass is 10.0. The van der Waals surface area contributed by atoms with Gasteiger partial charge in [0, 0.05) is 5.69 Å². The first-order valence-corrected chi connectivity index (χ1v) is 8.72. The topological polar surface area (TPSA) is 33.3 Å². The molecule has 2 N–H and O–H groups in total. The predicted molar refractivity (Wildman–Crippen MR) is 106 cm³/mol. The Kier molecular flexibility index (Phi) is 6.62. The molecular formula is C20H26N2OS. The lowest BCUT2D eigenvalue weighted by Gasteiger charge is -2.18. The fraction of sp³-hybridized carbons (Fsp3) is 0.350. The molecule has 0 aliphatic rings. The standard InChI is InChI=1S/C20H26N2OS/c1-14(2)17-9-11-18(12-10-17)22-20(24)21-16(4)13-23-19-8-6-5-7-15(19)3/h5-12,14,16H,13H2,1-4H3,(H2,21,22,24)/t16-/m0/s1. The first-order chi connectivity index (χ1) is 11.5. The highest BCUT2D eigenvalue weighted by molar-refractivity contribution is 7.80. The smallest absolute Gasteiger partial charge is 0.171 e. The Balaban J connectivity index is 1.80. The highest BCUT2D eigenvalue weighted by Gasteiger charge is 2.07. The van der Waals surface area contributed by atoms with Crippen LogP contribution in [0.3, 0.4) is 0 Å². The summed E-state index contributed by atoms with van der Waals surface area (Å²) in [5.74, 6) is 1.44. The number of ether oxygens (including phenoxy) is 1. The molecule has 0 saturated heterocycles. The summed E-state index contributed by atoms with van der Waals surface area (Å²) in [6, 6.07) is 16.5. The first kappa shape index (κ1) is 18.3. The molecule has 0 fully saturated rings. The molecule has 3 nitrogen and oxygen atoms in total. The second-order valence-electron chi connectivity index (χ2n) is 6.35. The van der Waals surface area contributed by atoms with Crippen LogP contribution in [0.1, 0.15) is 37.8 Å². The molecule has 128 valence electrons. The Bertz CT molecular complexity index is 668. The highest BCUT2D eigenvalue weighted by atomic mass is 32.1. The number of nitrogens with one attached hydrogen (secondary N) is 2. The zero-order valence-corrected chi connectivity index (χ0v) is 15.6. The summed E-state index contributed by atoms with van der Waals surface area (Å²) in [6.45, 7) is 9.02. The van der Waals surface area contributed by atoms with E-state index in [1.165, 1.54) is 5.56 Å². The molecule has 0 aliphatic heterocycles. The van der Waals surface area contributed by atoms with E-state index >= 15 is 0 Å². The second kappa shape index (κ2) is 8.69. The largest absolute Gasteiger partial charge is 0.491 e. The van der Waals surface area contributed by atoms with Crippen LogP contribution >= 0.6 is 12.2 Å². The van der Waals surface area contributed by atoms with Gasteiger partial charge in [-0.15, -0.1) is 0 Å². The lowest BCUT2D eigenvalue weighted by molar-refractivity contribution is 0.285. The van der Waals surface area contributed by atoms with Crippen LogP contribution in [0.25, 0.3) is 0 Å². The third-order valence-electron chi connectivity index (χ3n) is 3.80. The van der Waals surface area contributed by atoms with Crippen LogP contribution < -0.4 is 15.4 Å². The van der Waals surface area contributed by atoms with Gasteiger partial charge in [0.25, 0.3) is 0 Å². The summed E-state index contributed by atoms with van der Waals surface area (Å²) in [4.78, 5) is 0. The van der Waals surface area contributed by atoms with E-state index in [4.69, 9.17) is 17.0 Å². The molecule has 2 aromatic rings. The van der Waals surface area contributed by atoms with Crippen molar-refractivity contribution in [1.82, 2.24) is 5.32 Å². The van der Waals surface area contributed by atoms with Gasteiger partial charge >= 0.3 is 0 Å². The average molecular weight is 343 g/mol. The van der Waals surface area contributed by atoms with E-state index in [0.717, 1.165) is 17.0 Å². The van der Waals surface area contributed by atoms with Gasteiger partial charge in [-0.05, 0) is 61.3 Å². The molecule has 0 aromatic heterocycles. The Labute approximate surface area is 150 Å². The molecule has 0 radical (unpaired) electrons. The van der Waals surface area contributed by atoms with Crippen molar-refractivity contribution >= 4 is 23.0 Å². The third-order valence-corrected chi connectivity index (χ3v) is 4.02. The molecular weight excluding hydrogens is 316 g/mol. The van der Waals surface area contributed by atoms with Gasteiger partial charge in [-0.1, -0.05) is 44.2 Å². The third kappa shape index (κ3) is 5.53. The molecule has 0 aliphatic carbocycles. The molecule has 4 heteroatoms. The van der Waals surface area contributed by atoms with E-state index < -0.39 is 0 Å². The van der Waals surface area contributed by atoms with Gasteiger partial charge in [0.2, 0.25) is 0 Å². The van der Waals surface area contributed by atoms with Crippen LogP contribution in [0.4, 0.5) is 5.69 Å². The zero-order chi connectivity index (χ0) is 17.5. The summed E-state index contributed by atoms with van der Waals surface area (Å²) >= 11 is 5.38. The van der Waals surface area contributed by atoms with Crippen molar-refractivity contribution in [3.63, 3.8) is 0 Å². The molecule has 1 atom stereocenters. The van der Waals surface area contributed by atoms with Crippen LogP contribution in [0.5, 0.6) is 5.75 Å². The number of rotatable bonds is 6. The predicted octanol–water partition coefficient (Wildman–Crippen LogP) is 4.87. The molecule has 24 heavy (non-hydrogen) atoms. The van der Waals surface area contributed by atoms with Crippen molar-refractivity contribution in [2.75, 3.05) is 11.9 Å². The van der Waals surface area contributed by atoms with E-state index in [-0.39, 0.29) is 6.04 Å². The van der Waals surface area contributed by atoms with Crippen LogP contribution in [0.2, 0.25) is 0 Å². The van der Waals surface area contributed by atoms with Crippen LogP contribution in [0.15, 0.2) is 48.5 Å². The number of hydrogen-bond acceptors (Lipinski definition) is 2. The van der Waals surface area contributed by atoms with Crippen LogP contribution in [-0.4, -0.2) is 17.8 Å². The van der Waals surface area contributed by atoms with Gasteiger partial charge in [0.15, 0.2) is 5.11 Å². The molecule has 0 spiro atoms. The SMILES string of the molecule is Cc1ccccc1OC[C@H](C)NC(=S)Nc1ccc(C(C)C)cc1. The Morgan fingerprint density at radius 1 is 1.04 bits per heavy atom. The number of para-hydroxylation sites is 1. The van der Waals surface area contributed by atoms with E-state index in [1.807, 2.05) is 38.1 Å². The van der Waals surface area contributed by atoms with E-state index in [2.05, 4.69) is 48.7 Å². The van der Waals surface area contributed by atoms with E-state index in [1.54, 1.807) is 0 Å². The molecule has 0 amide bonds.